The summed E-state index contributed by atoms with van der Waals surface area (Å²) in [6, 6.07) is 26.6. The van der Waals surface area contributed by atoms with Crippen molar-refractivity contribution < 1.29 is 18.7 Å². The number of ether oxygens (including phenoxy) is 1. The first-order chi connectivity index (χ1) is 16.7. The van der Waals surface area contributed by atoms with Gasteiger partial charge in [-0.2, -0.15) is 4.98 Å². The monoisotopic (exact) mass is 451 g/mol. The van der Waals surface area contributed by atoms with Crippen molar-refractivity contribution >= 4 is 35.2 Å². The van der Waals surface area contributed by atoms with Gasteiger partial charge in [-0.3, -0.25) is 9.69 Å². The lowest BCUT2D eigenvalue weighted by Gasteiger charge is -2.48. The van der Waals surface area contributed by atoms with Crippen molar-refractivity contribution in [3.63, 3.8) is 0 Å². The summed E-state index contributed by atoms with van der Waals surface area (Å²) in [5.74, 6) is -0.748. The minimum atomic E-state index is -0.624. The normalized spacial score (nSPS) is 22.4. The SMILES string of the molecule is O=C1[C@H](C=Cc2ccccc2)[C@@H](N2C(=O)OC[C@@H]2c2ccccc2)N1c1nc2ccccc2o1. The second kappa shape index (κ2) is 8.19. The largest absolute Gasteiger partial charge is 0.447 e. The molecule has 1 aromatic heterocycles. The highest BCUT2D eigenvalue weighted by Gasteiger charge is 2.57. The van der Waals surface area contributed by atoms with Crippen molar-refractivity contribution in [3.8, 4) is 0 Å². The van der Waals surface area contributed by atoms with Gasteiger partial charge in [-0.25, -0.2) is 9.69 Å². The highest BCUT2D eigenvalue weighted by Crippen LogP contribution is 2.42. The Bertz CT molecular complexity index is 1350. The number of nitrogens with zero attached hydrogens (tertiary/aromatic N) is 3. The van der Waals surface area contributed by atoms with Gasteiger partial charge in [0.05, 0.1) is 12.0 Å². The topological polar surface area (TPSA) is 75.9 Å². The molecule has 0 spiro atoms. The third-order valence-electron chi connectivity index (χ3n) is 6.27. The van der Waals surface area contributed by atoms with E-state index >= 15 is 0 Å². The van der Waals surface area contributed by atoms with E-state index in [9.17, 15) is 9.59 Å². The molecule has 0 bridgehead atoms. The van der Waals surface area contributed by atoms with Crippen molar-refractivity contribution in [2.45, 2.75) is 12.2 Å². The molecule has 4 aromatic rings. The van der Waals surface area contributed by atoms with Crippen LogP contribution in [0, 0.1) is 5.92 Å². The summed E-state index contributed by atoms with van der Waals surface area (Å²) < 4.78 is 11.4. The van der Waals surface area contributed by atoms with Crippen LogP contribution in [-0.4, -0.2) is 34.7 Å². The summed E-state index contributed by atoms with van der Waals surface area (Å²) in [7, 11) is 0. The number of β-lactam (4-membered cyclic amide) rings is 1. The minimum Gasteiger partial charge on any atom is -0.447 e. The van der Waals surface area contributed by atoms with E-state index < -0.39 is 18.2 Å². The average Bonchev–Trinajstić information content (AvgIpc) is 3.46. The van der Waals surface area contributed by atoms with Crippen LogP contribution in [0.15, 0.2) is 95.4 Å². The lowest BCUT2D eigenvalue weighted by molar-refractivity contribution is -0.132. The number of hydrogen-bond donors (Lipinski definition) is 0. The lowest BCUT2D eigenvalue weighted by atomic mass is 9.90. The zero-order valence-electron chi connectivity index (χ0n) is 18.2. The predicted molar refractivity (Wildman–Crippen MR) is 127 cm³/mol. The molecule has 2 saturated heterocycles. The number of fused-ring (bicyclic) bond motifs is 1. The van der Waals surface area contributed by atoms with Crippen LogP contribution in [0.1, 0.15) is 17.2 Å². The van der Waals surface area contributed by atoms with Gasteiger partial charge in [0.15, 0.2) is 5.58 Å². The summed E-state index contributed by atoms with van der Waals surface area (Å²) in [6.45, 7) is 0.212. The molecule has 6 rings (SSSR count). The molecule has 0 aliphatic carbocycles. The van der Waals surface area contributed by atoms with Gasteiger partial charge < -0.3 is 9.15 Å². The Morgan fingerprint density at radius 2 is 1.59 bits per heavy atom. The van der Waals surface area contributed by atoms with Crippen LogP contribution in [0.2, 0.25) is 0 Å². The Balaban J connectivity index is 1.41. The van der Waals surface area contributed by atoms with E-state index in [4.69, 9.17) is 9.15 Å². The van der Waals surface area contributed by atoms with E-state index in [1.54, 1.807) is 11.0 Å². The zero-order valence-corrected chi connectivity index (χ0v) is 18.2. The second-order valence-electron chi connectivity index (χ2n) is 8.29. The molecule has 0 radical (unpaired) electrons. The third kappa shape index (κ3) is 3.33. The van der Waals surface area contributed by atoms with E-state index in [1.807, 2.05) is 91.0 Å². The number of oxazole rings is 1. The smallest absolute Gasteiger partial charge is 0.412 e. The summed E-state index contributed by atoms with van der Waals surface area (Å²) in [5, 5.41) is 0. The molecule has 168 valence electrons. The maximum atomic E-state index is 13.4. The van der Waals surface area contributed by atoms with Crippen LogP contribution in [-0.2, 0) is 9.53 Å². The highest BCUT2D eigenvalue weighted by atomic mass is 16.6. The quantitative estimate of drug-likeness (QED) is 0.398. The molecule has 0 saturated carbocycles. The van der Waals surface area contributed by atoms with E-state index in [0.717, 1.165) is 11.1 Å². The van der Waals surface area contributed by atoms with Crippen molar-refractivity contribution in [1.29, 1.82) is 0 Å². The van der Waals surface area contributed by atoms with E-state index in [-0.39, 0.29) is 24.6 Å². The van der Waals surface area contributed by atoms with Crippen LogP contribution in [0.5, 0.6) is 0 Å². The molecule has 2 fully saturated rings. The number of para-hydroxylation sites is 2. The summed E-state index contributed by atoms with van der Waals surface area (Å²) in [6.07, 6.45) is 2.65. The minimum absolute atomic E-state index is 0.173. The Morgan fingerprint density at radius 1 is 0.882 bits per heavy atom. The van der Waals surface area contributed by atoms with Gasteiger partial charge in [-0.05, 0) is 23.3 Å². The van der Waals surface area contributed by atoms with Crippen LogP contribution in [0.3, 0.4) is 0 Å². The number of carbonyl (C=O) groups excluding carboxylic acids is 2. The van der Waals surface area contributed by atoms with Crippen LogP contribution in [0.4, 0.5) is 10.8 Å². The Labute approximate surface area is 195 Å². The molecular weight excluding hydrogens is 430 g/mol. The second-order valence-corrected chi connectivity index (χ2v) is 8.29. The van der Waals surface area contributed by atoms with Crippen LogP contribution < -0.4 is 4.90 Å². The predicted octanol–water partition coefficient (Wildman–Crippen LogP) is 5.02. The van der Waals surface area contributed by atoms with Crippen LogP contribution in [0.25, 0.3) is 17.2 Å². The molecule has 3 aromatic carbocycles. The molecule has 3 heterocycles. The van der Waals surface area contributed by atoms with Gasteiger partial charge in [-0.1, -0.05) is 84.9 Å². The van der Waals surface area contributed by atoms with E-state index in [0.29, 0.717) is 11.1 Å². The highest BCUT2D eigenvalue weighted by molar-refractivity contribution is 6.04. The Hall–Kier alpha value is -4.39. The fraction of sp³-hybridized carbons (Fsp3) is 0.148. The number of anilines is 1. The van der Waals surface area contributed by atoms with E-state index in [2.05, 4.69) is 4.98 Å². The molecular formula is C27H21N3O4. The van der Waals surface area contributed by atoms with Gasteiger partial charge in [0.25, 0.3) is 0 Å². The third-order valence-corrected chi connectivity index (χ3v) is 6.27. The Morgan fingerprint density at radius 3 is 2.35 bits per heavy atom. The molecule has 7 heteroatoms. The molecule has 2 aliphatic heterocycles. The maximum absolute atomic E-state index is 13.4. The first kappa shape index (κ1) is 20.2. The van der Waals surface area contributed by atoms with Gasteiger partial charge in [-0.15, -0.1) is 0 Å². The number of carbonyl (C=O) groups is 2. The van der Waals surface area contributed by atoms with Crippen molar-refractivity contribution in [1.82, 2.24) is 9.88 Å². The van der Waals surface area contributed by atoms with Crippen molar-refractivity contribution in [3.05, 3.63) is 102 Å². The first-order valence-corrected chi connectivity index (χ1v) is 11.1. The van der Waals surface area contributed by atoms with Crippen LogP contribution >= 0.6 is 0 Å². The fourth-order valence-electron chi connectivity index (χ4n) is 4.58. The average molecular weight is 451 g/mol. The number of hydrogen-bond acceptors (Lipinski definition) is 5. The molecule has 2 amide bonds. The summed E-state index contributed by atoms with van der Waals surface area (Å²) in [4.78, 5) is 33.9. The van der Waals surface area contributed by atoms with E-state index in [1.165, 1.54) is 4.90 Å². The van der Waals surface area contributed by atoms with Gasteiger partial charge in [0.1, 0.15) is 18.3 Å². The molecule has 0 N–H and O–H groups in total. The van der Waals surface area contributed by atoms with Crippen molar-refractivity contribution in [2.24, 2.45) is 5.92 Å². The first-order valence-electron chi connectivity index (χ1n) is 11.1. The Kier molecular flexibility index (Phi) is 4.87. The van der Waals surface area contributed by atoms with Gasteiger partial charge >= 0.3 is 12.1 Å². The lowest BCUT2D eigenvalue weighted by Crippen LogP contribution is -2.68. The maximum Gasteiger partial charge on any atom is 0.412 e. The number of rotatable bonds is 5. The molecule has 0 unspecified atom stereocenters. The zero-order chi connectivity index (χ0) is 23.1. The standard InChI is InChI=1S/C27H21N3O4/c31-25-20(16-15-18-9-3-1-4-10-18)24(30(25)26-28-21-13-7-8-14-23(21)34-26)29-22(17-33-27(29)32)19-11-5-2-6-12-19/h1-16,20,22,24H,17H2/t20-,22-,24+/m1/s1. The number of cyclic esters (lactones) is 1. The molecule has 3 atom stereocenters. The van der Waals surface area contributed by atoms with Gasteiger partial charge in [0.2, 0.25) is 5.91 Å². The summed E-state index contributed by atoms with van der Waals surface area (Å²) in [5.41, 5.74) is 3.14. The molecule has 34 heavy (non-hydrogen) atoms. The number of benzene rings is 3. The molecule has 7 nitrogen and oxygen atoms in total. The summed E-state index contributed by atoms with van der Waals surface area (Å²) >= 11 is 0. The number of aromatic nitrogens is 1. The van der Waals surface area contributed by atoms with Gasteiger partial charge in [0, 0.05) is 0 Å². The number of amides is 2. The van der Waals surface area contributed by atoms with Crippen molar-refractivity contribution in [2.75, 3.05) is 11.5 Å². The fourth-order valence-corrected chi connectivity index (χ4v) is 4.58. The molecule has 2 aliphatic rings.